The molecule has 2 unspecified atom stereocenters. The van der Waals surface area contributed by atoms with Gasteiger partial charge in [-0.3, -0.25) is 0 Å². The van der Waals surface area contributed by atoms with E-state index in [2.05, 4.69) is 6.92 Å². The standard InChI is InChI=1S/C9H16O2.C2H6/c1-8-3-5-9(7-10-8)4-2-6-11-9;1-2/h8H,2-7H2,1H3;1-2H3. The second-order valence-corrected chi connectivity index (χ2v) is 3.80. The highest BCUT2D eigenvalue weighted by atomic mass is 16.6. The van der Waals surface area contributed by atoms with Gasteiger partial charge in [0.15, 0.2) is 0 Å². The zero-order valence-electron chi connectivity index (χ0n) is 9.14. The van der Waals surface area contributed by atoms with Crippen molar-refractivity contribution in [3.8, 4) is 0 Å². The molecule has 2 saturated heterocycles. The molecule has 1 spiro atoms. The van der Waals surface area contributed by atoms with Crippen LogP contribution in [0.2, 0.25) is 0 Å². The van der Waals surface area contributed by atoms with Crippen LogP contribution in [0.3, 0.4) is 0 Å². The first-order chi connectivity index (χ1) is 6.31. The predicted molar refractivity (Wildman–Crippen MR) is 53.9 cm³/mol. The highest BCUT2D eigenvalue weighted by Crippen LogP contribution is 2.34. The average Bonchev–Trinajstić information content (AvgIpc) is 2.63. The predicted octanol–water partition coefficient (Wildman–Crippen LogP) is 2.76. The first-order valence-corrected chi connectivity index (χ1v) is 5.56. The quantitative estimate of drug-likeness (QED) is 0.579. The largest absolute Gasteiger partial charge is 0.376 e. The lowest BCUT2D eigenvalue weighted by Crippen LogP contribution is -2.40. The Balaban J connectivity index is 0.000000396. The van der Waals surface area contributed by atoms with Gasteiger partial charge in [-0.2, -0.15) is 0 Å². The van der Waals surface area contributed by atoms with E-state index in [1.165, 1.54) is 25.7 Å². The molecule has 2 heterocycles. The molecule has 0 aromatic heterocycles. The molecule has 2 fully saturated rings. The minimum Gasteiger partial charge on any atom is -0.376 e. The van der Waals surface area contributed by atoms with E-state index in [1.807, 2.05) is 13.8 Å². The Labute approximate surface area is 81.6 Å². The molecule has 0 aliphatic carbocycles. The molecule has 0 saturated carbocycles. The Morgan fingerprint density at radius 2 is 2.00 bits per heavy atom. The number of hydrogen-bond acceptors (Lipinski definition) is 2. The fourth-order valence-electron chi connectivity index (χ4n) is 1.98. The van der Waals surface area contributed by atoms with E-state index >= 15 is 0 Å². The summed E-state index contributed by atoms with van der Waals surface area (Å²) in [5, 5.41) is 0. The van der Waals surface area contributed by atoms with Crippen LogP contribution < -0.4 is 0 Å². The van der Waals surface area contributed by atoms with E-state index in [9.17, 15) is 0 Å². The molecular formula is C11H22O2. The molecule has 2 nitrogen and oxygen atoms in total. The Morgan fingerprint density at radius 1 is 1.23 bits per heavy atom. The molecule has 0 aromatic rings. The van der Waals surface area contributed by atoms with E-state index in [-0.39, 0.29) is 5.60 Å². The lowest BCUT2D eigenvalue weighted by Gasteiger charge is -2.35. The van der Waals surface area contributed by atoms with Crippen molar-refractivity contribution in [1.29, 1.82) is 0 Å². The number of rotatable bonds is 0. The van der Waals surface area contributed by atoms with Gasteiger partial charge in [0.1, 0.15) is 0 Å². The minimum atomic E-state index is 0.131. The van der Waals surface area contributed by atoms with Gasteiger partial charge in [0.25, 0.3) is 0 Å². The van der Waals surface area contributed by atoms with Crippen molar-refractivity contribution in [1.82, 2.24) is 0 Å². The summed E-state index contributed by atoms with van der Waals surface area (Å²) in [6.45, 7) is 7.91. The molecule has 0 aromatic carbocycles. The second-order valence-electron chi connectivity index (χ2n) is 3.80. The van der Waals surface area contributed by atoms with E-state index in [0.29, 0.717) is 6.10 Å². The third-order valence-electron chi connectivity index (χ3n) is 2.82. The van der Waals surface area contributed by atoms with Crippen LogP contribution in [0, 0.1) is 0 Å². The van der Waals surface area contributed by atoms with Crippen LogP contribution in [0.15, 0.2) is 0 Å². The summed E-state index contributed by atoms with van der Waals surface area (Å²) in [7, 11) is 0. The fraction of sp³-hybridized carbons (Fsp3) is 1.00. The zero-order valence-corrected chi connectivity index (χ0v) is 9.14. The summed E-state index contributed by atoms with van der Waals surface area (Å²) in [6, 6.07) is 0. The molecule has 2 aliphatic rings. The van der Waals surface area contributed by atoms with Gasteiger partial charge in [0.2, 0.25) is 0 Å². The van der Waals surface area contributed by atoms with Crippen molar-refractivity contribution in [2.45, 2.75) is 58.2 Å². The molecule has 0 bridgehead atoms. The molecule has 0 N–H and O–H groups in total. The Hall–Kier alpha value is -0.0800. The molecule has 2 heteroatoms. The van der Waals surface area contributed by atoms with Crippen LogP contribution in [-0.2, 0) is 9.47 Å². The third-order valence-corrected chi connectivity index (χ3v) is 2.82. The van der Waals surface area contributed by atoms with Crippen molar-refractivity contribution < 1.29 is 9.47 Å². The number of ether oxygens (including phenoxy) is 2. The lowest BCUT2D eigenvalue weighted by atomic mass is 9.91. The van der Waals surface area contributed by atoms with Crippen molar-refractivity contribution >= 4 is 0 Å². The van der Waals surface area contributed by atoms with Crippen LogP contribution >= 0.6 is 0 Å². The van der Waals surface area contributed by atoms with Crippen LogP contribution in [0.4, 0.5) is 0 Å². The molecule has 2 aliphatic heterocycles. The van der Waals surface area contributed by atoms with Gasteiger partial charge in [-0.15, -0.1) is 0 Å². The first-order valence-electron chi connectivity index (χ1n) is 5.56. The topological polar surface area (TPSA) is 18.5 Å². The van der Waals surface area contributed by atoms with Crippen LogP contribution in [0.5, 0.6) is 0 Å². The van der Waals surface area contributed by atoms with E-state index < -0.39 is 0 Å². The SMILES string of the molecule is CC.CC1CCC2(CCCO2)CO1. The van der Waals surface area contributed by atoms with Gasteiger partial charge < -0.3 is 9.47 Å². The smallest absolute Gasteiger partial charge is 0.0916 e. The summed E-state index contributed by atoms with van der Waals surface area (Å²) < 4.78 is 11.3. The van der Waals surface area contributed by atoms with E-state index in [1.54, 1.807) is 0 Å². The average molecular weight is 186 g/mol. The van der Waals surface area contributed by atoms with Gasteiger partial charge in [0.05, 0.1) is 18.3 Å². The molecular weight excluding hydrogens is 164 g/mol. The molecule has 78 valence electrons. The van der Waals surface area contributed by atoms with Gasteiger partial charge in [-0.1, -0.05) is 13.8 Å². The molecule has 0 amide bonds. The maximum Gasteiger partial charge on any atom is 0.0916 e. The van der Waals surface area contributed by atoms with Gasteiger partial charge >= 0.3 is 0 Å². The maximum absolute atomic E-state index is 5.70. The summed E-state index contributed by atoms with van der Waals surface area (Å²) in [4.78, 5) is 0. The van der Waals surface area contributed by atoms with Crippen molar-refractivity contribution in [2.75, 3.05) is 13.2 Å². The van der Waals surface area contributed by atoms with Crippen LogP contribution in [-0.4, -0.2) is 24.9 Å². The van der Waals surface area contributed by atoms with Gasteiger partial charge in [-0.05, 0) is 32.6 Å². The summed E-state index contributed by atoms with van der Waals surface area (Å²) >= 11 is 0. The van der Waals surface area contributed by atoms with Crippen molar-refractivity contribution in [3.05, 3.63) is 0 Å². The van der Waals surface area contributed by atoms with E-state index in [0.717, 1.165) is 13.2 Å². The first kappa shape index (κ1) is 11.0. The van der Waals surface area contributed by atoms with Gasteiger partial charge in [0, 0.05) is 6.61 Å². The molecule has 2 atom stereocenters. The van der Waals surface area contributed by atoms with Crippen LogP contribution in [0.25, 0.3) is 0 Å². The fourth-order valence-corrected chi connectivity index (χ4v) is 1.98. The normalized spacial score (nSPS) is 38.5. The molecule has 2 rings (SSSR count). The maximum atomic E-state index is 5.70. The number of hydrogen-bond donors (Lipinski definition) is 0. The van der Waals surface area contributed by atoms with Crippen molar-refractivity contribution in [2.24, 2.45) is 0 Å². The lowest BCUT2D eigenvalue weighted by molar-refractivity contribution is -0.123. The monoisotopic (exact) mass is 186 g/mol. The Bertz CT molecular complexity index is 129. The van der Waals surface area contributed by atoms with E-state index in [4.69, 9.17) is 9.47 Å². The minimum absolute atomic E-state index is 0.131. The summed E-state index contributed by atoms with van der Waals surface area (Å²) in [5.41, 5.74) is 0.131. The molecule has 13 heavy (non-hydrogen) atoms. The highest BCUT2D eigenvalue weighted by Gasteiger charge is 2.38. The van der Waals surface area contributed by atoms with Gasteiger partial charge in [-0.25, -0.2) is 0 Å². The van der Waals surface area contributed by atoms with Crippen molar-refractivity contribution in [3.63, 3.8) is 0 Å². The summed E-state index contributed by atoms with van der Waals surface area (Å²) in [5.74, 6) is 0. The second kappa shape index (κ2) is 4.97. The highest BCUT2D eigenvalue weighted by molar-refractivity contribution is 4.88. The Morgan fingerprint density at radius 3 is 2.46 bits per heavy atom. The third kappa shape index (κ3) is 2.68. The van der Waals surface area contributed by atoms with Crippen LogP contribution in [0.1, 0.15) is 46.5 Å². The Kier molecular flexibility index (Phi) is 4.20. The summed E-state index contributed by atoms with van der Waals surface area (Å²) in [6.07, 6.45) is 5.25. The zero-order chi connectivity index (χ0) is 9.73. The molecule has 0 radical (unpaired) electrons.